The maximum absolute atomic E-state index is 12.4. The van der Waals surface area contributed by atoms with Gasteiger partial charge in [-0.2, -0.15) is 0 Å². The van der Waals surface area contributed by atoms with Crippen molar-refractivity contribution in [3.8, 4) is 0 Å². The summed E-state index contributed by atoms with van der Waals surface area (Å²) in [5.41, 5.74) is -1.05. The molecule has 0 saturated heterocycles. The molecule has 2 rings (SSSR count). The first-order chi connectivity index (χ1) is 13.2. The van der Waals surface area contributed by atoms with Crippen molar-refractivity contribution in [2.75, 3.05) is 26.2 Å². The molecule has 11 heteroatoms. The molecule has 2 heterocycles. The van der Waals surface area contributed by atoms with E-state index < -0.39 is 15.6 Å². The molecule has 0 fully saturated rings. The topological polar surface area (TPSA) is 103 Å². The SMILES string of the molecule is CCNC(=NCC(C)(O)c1cccs1)NCCNS(=O)(=O)c1cc(C)sc1C.I. The number of halogens is 1. The number of aliphatic hydroxyl groups is 1. The molecule has 0 aromatic carbocycles. The molecular weight excluding hydrogens is 543 g/mol. The van der Waals surface area contributed by atoms with Crippen LogP contribution in [0.1, 0.15) is 28.5 Å². The number of thiophene rings is 2. The van der Waals surface area contributed by atoms with E-state index in [-0.39, 0.29) is 37.1 Å². The highest BCUT2D eigenvalue weighted by atomic mass is 127. The van der Waals surface area contributed by atoms with Gasteiger partial charge in [-0.3, -0.25) is 0 Å². The Morgan fingerprint density at radius 1 is 1.28 bits per heavy atom. The summed E-state index contributed by atoms with van der Waals surface area (Å²) in [6.45, 7) is 8.82. The van der Waals surface area contributed by atoms with E-state index in [2.05, 4.69) is 20.3 Å². The standard InChI is InChI=1S/C18H28N4O3S3.HI/c1-5-19-17(21-12-18(4,23)16-7-6-10-26-16)20-8-9-22-28(24,25)15-11-13(2)27-14(15)3;/h6-7,10-11,22-23H,5,8-9,12H2,1-4H3,(H2,19,20,21);1H. The summed E-state index contributed by atoms with van der Waals surface area (Å²) in [7, 11) is -3.52. The van der Waals surface area contributed by atoms with E-state index >= 15 is 0 Å². The summed E-state index contributed by atoms with van der Waals surface area (Å²) in [5, 5.41) is 18.7. The minimum absolute atomic E-state index is 0. The van der Waals surface area contributed by atoms with Gasteiger partial charge in [0.25, 0.3) is 0 Å². The van der Waals surface area contributed by atoms with E-state index in [4.69, 9.17) is 0 Å². The van der Waals surface area contributed by atoms with Crippen LogP contribution in [-0.2, 0) is 15.6 Å². The number of hydrogen-bond acceptors (Lipinski definition) is 6. The van der Waals surface area contributed by atoms with Crippen LogP contribution in [0.5, 0.6) is 0 Å². The molecule has 2 aromatic rings. The van der Waals surface area contributed by atoms with Crippen LogP contribution < -0.4 is 15.4 Å². The normalized spacial score (nSPS) is 14.2. The molecule has 0 aliphatic rings. The average molecular weight is 573 g/mol. The molecule has 7 nitrogen and oxygen atoms in total. The predicted molar refractivity (Wildman–Crippen MR) is 132 cm³/mol. The molecule has 2 aromatic heterocycles. The number of guanidine groups is 1. The lowest BCUT2D eigenvalue weighted by Gasteiger charge is -2.20. The van der Waals surface area contributed by atoms with E-state index in [0.29, 0.717) is 23.9 Å². The zero-order chi connectivity index (χ0) is 20.8. The van der Waals surface area contributed by atoms with Gasteiger partial charge in [0.15, 0.2) is 5.96 Å². The third-order valence-corrected chi connectivity index (χ3v) is 7.74. The molecule has 0 saturated carbocycles. The smallest absolute Gasteiger partial charge is 0.241 e. The fourth-order valence-electron chi connectivity index (χ4n) is 2.56. The van der Waals surface area contributed by atoms with Crippen LogP contribution in [0.3, 0.4) is 0 Å². The van der Waals surface area contributed by atoms with Gasteiger partial charge in [-0.25, -0.2) is 18.1 Å². The molecule has 1 atom stereocenters. The second-order valence-electron chi connectivity index (χ2n) is 6.55. The molecule has 0 aliphatic heterocycles. The first-order valence-corrected chi connectivity index (χ1v) is 12.2. The zero-order valence-electron chi connectivity index (χ0n) is 17.0. The van der Waals surface area contributed by atoms with Crippen molar-refractivity contribution in [1.82, 2.24) is 15.4 Å². The monoisotopic (exact) mass is 572 g/mol. The van der Waals surface area contributed by atoms with Crippen LogP contribution in [0.15, 0.2) is 33.5 Å². The van der Waals surface area contributed by atoms with Gasteiger partial charge >= 0.3 is 0 Å². The summed E-state index contributed by atoms with van der Waals surface area (Å²) >= 11 is 2.95. The lowest BCUT2D eigenvalue weighted by Crippen LogP contribution is -2.42. The van der Waals surface area contributed by atoms with Crippen LogP contribution in [0.4, 0.5) is 0 Å². The Kier molecular flexibility index (Phi) is 10.5. The van der Waals surface area contributed by atoms with E-state index in [1.807, 2.05) is 31.4 Å². The number of aryl methyl sites for hydroxylation is 2. The van der Waals surface area contributed by atoms with Gasteiger partial charge in [0, 0.05) is 34.3 Å². The fraction of sp³-hybridized carbons (Fsp3) is 0.500. The summed E-state index contributed by atoms with van der Waals surface area (Å²) in [4.78, 5) is 7.36. The quantitative estimate of drug-likeness (QED) is 0.160. The number of sulfonamides is 1. The molecule has 29 heavy (non-hydrogen) atoms. The summed E-state index contributed by atoms with van der Waals surface area (Å²) in [6, 6.07) is 5.46. The Labute approximate surface area is 198 Å². The van der Waals surface area contributed by atoms with Crippen molar-refractivity contribution >= 4 is 62.6 Å². The van der Waals surface area contributed by atoms with Crippen LogP contribution in [0, 0.1) is 13.8 Å². The summed E-state index contributed by atoms with van der Waals surface area (Å²) in [6.07, 6.45) is 0. The van der Waals surface area contributed by atoms with Gasteiger partial charge in [-0.15, -0.1) is 46.7 Å². The molecule has 0 radical (unpaired) electrons. The number of rotatable bonds is 9. The van der Waals surface area contributed by atoms with Gasteiger partial charge in [0.05, 0.1) is 11.4 Å². The largest absolute Gasteiger partial charge is 0.383 e. The van der Waals surface area contributed by atoms with Crippen molar-refractivity contribution in [3.63, 3.8) is 0 Å². The lowest BCUT2D eigenvalue weighted by atomic mass is 10.1. The molecular formula is C18H29IN4O3S3. The molecule has 4 N–H and O–H groups in total. The van der Waals surface area contributed by atoms with E-state index in [1.54, 1.807) is 19.9 Å². The average Bonchev–Trinajstić information content (AvgIpc) is 3.27. The first kappa shape index (κ1) is 26.3. The number of nitrogens with one attached hydrogen (secondary N) is 3. The zero-order valence-corrected chi connectivity index (χ0v) is 21.8. The van der Waals surface area contributed by atoms with Crippen LogP contribution in [0.25, 0.3) is 0 Å². The number of nitrogens with zero attached hydrogens (tertiary/aromatic N) is 1. The highest BCUT2D eigenvalue weighted by molar-refractivity contribution is 14.0. The second-order valence-corrected chi connectivity index (χ2v) is 10.7. The maximum atomic E-state index is 12.4. The molecule has 0 amide bonds. The molecule has 0 spiro atoms. The first-order valence-electron chi connectivity index (χ1n) is 9.01. The molecule has 0 aliphatic carbocycles. The Hall–Kier alpha value is -0.730. The minimum Gasteiger partial charge on any atom is -0.383 e. The van der Waals surface area contributed by atoms with Crippen molar-refractivity contribution < 1.29 is 13.5 Å². The number of aliphatic imine (C=N–C) groups is 1. The Balaban J connectivity index is 0.00000420. The van der Waals surface area contributed by atoms with Crippen LogP contribution >= 0.6 is 46.7 Å². The highest BCUT2D eigenvalue weighted by Gasteiger charge is 2.24. The Morgan fingerprint density at radius 2 is 2.00 bits per heavy atom. The molecule has 164 valence electrons. The van der Waals surface area contributed by atoms with Crippen LogP contribution in [-0.4, -0.2) is 45.7 Å². The Morgan fingerprint density at radius 3 is 2.55 bits per heavy atom. The Bertz CT molecular complexity index is 894. The lowest BCUT2D eigenvalue weighted by molar-refractivity contribution is 0.0711. The van der Waals surface area contributed by atoms with Gasteiger partial charge in [0.2, 0.25) is 10.0 Å². The van der Waals surface area contributed by atoms with Gasteiger partial charge < -0.3 is 15.7 Å². The predicted octanol–water partition coefficient (Wildman–Crippen LogP) is 2.79. The van der Waals surface area contributed by atoms with Gasteiger partial charge in [0.1, 0.15) is 5.60 Å². The van der Waals surface area contributed by atoms with E-state index in [9.17, 15) is 13.5 Å². The molecule has 1 unspecified atom stereocenters. The number of hydrogen-bond donors (Lipinski definition) is 4. The van der Waals surface area contributed by atoms with Crippen molar-refractivity contribution in [2.24, 2.45) is 4.99 Å². The van der Waals surface area contributed by atoms with Crippen LogP contribution in [0.2, 0.25) is 0 Å². The van der Waals surface area contributed by atoms with Crippen molar-refractivity contribution in [1.29, 1.82) is 0 Å². The minimum atomic E-state index is -3.52. The third kappa shape index (κ3) is 7.79. The third-order valence-electron chi connectivity index (χ3n) is 3.94. The summed E-state index contributed by atoms with van der Waals surface area (Å²) in [5.74, 6) is 0.529. The van der Waals surface area contributed by atoms with E-state index in [1.165, 1.54) is 22.7 Å². The van der Waals surface area contributed by atoms with Gasteiger partial charge in [-0.05, 0) is 45.2 Å². The molecule has 0 bridgehead atoms. The maximum Gasteiger partial charge on any atom is 0.241 e. The highest BCUT2D eigenvalue weighted by Crippen LogP contribution is 2.25. The summed E-state index contributed by atoms with van der Waals surface area (Å²) < 4.78 is 27.4. The van der Waals surface area contributed by atoms with Crippen molar-refractivity contribution in [2.45, 2.75) is 38.2 Å². The van der Waals surface area contributed by atoms with Crippen molar-refractivity contribution in [3.05, 3.63) is 38.2 Å². The van der Waals surface area contributed by atoms with E-state index in [0.717, 1.165) is 14.6 Å². The van der Waals surface area contributed by atoms with Gasteiger partial charge in [-0.1, -0.05) is 6.07 Å². The fourth-order valence-corrected chi connectivity index (χ4v) is 5.92. The second kappa shape index (κ2) is 11.6.